The van der Waals surface area contributed by atoms with Gasteiger partial charge in [0.2, 0.25) is 0 Å². The predicted octanol–water partition coefficient (Wildman–Crippen LogP) is 1.39. The van der Waals surface area contributed by atoms with Crippen molar-refractivity contribution in [1.29, 1.82) is 0 Å². The van der Waals surface area contributed by atoms with Gasteiger partial charge in [0.05, 0.1) is 18.8 Å². The average molecular weight is 451 g/mol. The number of carbonyl (C=O) groups excluding carboxylic acids is 2. The molecule has 1 saturated heterocycles. The van der Waals surface area contributed by atoms with E-state index in [9.17, 15) is 24.9 Å². The number of aliphatic hydroxyl groups excluding tert-OH is 3. The van der Waals surface area contributed by atoms with E-state index in [4.69, 9.17) is 9.47 Å². The van der Waals surface area contributed by atoms with E-state index in [1.165, 1.54) is 12.2 Å². The smallest absolute Gasteiger partial charge is 0.193 e. The van der Waals surface area contributed by atoms with Gasteiger partial charge in [-0.2, -0.15) is 0 Å². The van der Waals surface area contributed by atoms with Crippen molar-refractivity contribution in [2.75, 3.05) is 13.2 Å². The Balaban J connectivity index is 1.66. The molecule has 0 aromatic rings. The van der Waals surface area contributed by atoms with Gasteiger partial charge < -0.3 is 24.8 Å². The van der Waals surface area contributed by atoms with Crippen LogP contribution in [0.4, 0.5) is 4.39 Å². The first-order valence-electron chi connectivity index (χ1n) is 11.4. The van der Waals surface area contributed by atoms with Crippen molar-refractivity contribution in [3.05, 3.63) is 23.8 Å². The quantitative estimate of drug-likeness (QED) is 0.596. The Morgan fingerprint density at radius 1 is 1.25 bits per heavy atom. The van der Waals surface area contributed by atoms with Crippen molar-refractivity contribution in [1.82, 2.24) is 0 Å². The number of ketones is 2. The fourth-order valence-corrected chi connectivity index (χ4v) is 7.97. The van der Waals surface area contributed by atoms with Crippen molar-refractivity contribution >= 4 is 11.6 Å². The van der Waals surface area contributed by atoms with E-state index < -0.39 is 70.9 Å². The number of rotatable bonds is 3. The number of ether oxygens (including phenoxy) is 2. The Kier molecular flexibility index (Phi) is 4.59. The molecular weight excluding hydrogens is 419 g/mol. The second-order valence-corrected chi connectivity index (χ2v) is 10.8. The molecule has 0 aromatic carbocycles. The van der Waals surface area contributed by atoms with Crippen LogP contribution >= 0.6 is 0 Å². The fraction of sp³-hybridized carbons (Fsp3) is 0.750. The standard InChI is InChI=1S/C24H31FO7/c1-20(2)31-19-9-16-15-5-4-13-8-14(28)6-7-21(13,3)23(15,25)17(29)10-22(16,12-27)24(19,32-20)18(30)11-26/h6-8,15-17,19,26-27,29H,4-5,9-12H2,1-3H3/t15-,16-,17-,19+,21-,22+,23?,24+/m0/s1. The summed E-state index contributed by atoms with van der Waals surface area (Å²) in [5, 5.41) is 31.9. The molecule has 1 unspecified atom stereocenters. The van der Waals surface area contributed by atoms with E-state index in [2.05, 4.69) is 0 Å². The molecule has 4 fully saturated rings. The van der Waals surface area contributed by atoms with E-state index in [0.717, 1.165) is 0 Å². The van der Waals surface area contributed by atoms with Gasteiger partial charge in [0.15, 0.2) is 28.6 Å². The molecule has 0 bridgehead atoms. The Hall–Kier alpha value is -1.45. The van der Waals surface area contributed by atoms with Crippen LogP contribution in [0.2, 0.25) is 0 Å². The second kappa shape index (κ2) is 6.57. The SMILES string of the molecule is CC1(C)O[C@@H]2C[C@H]3[C@@H]4CCC5=CC(=O)C=C[C@]5(C)C4(F)[C@@H](O)C[C@]3(CO)[C@]2(C(=O)CO)O1. The van der Waals surface area contributed by atoms with Crippen molar-refractivity contribution < 1.29 is 38.8 Å². The highest BCUT2D eigenvalue weighted by Crippen LogP contribution is 2.72. The van der Waals surface area contributed by atoms with Gasteiger partial charge in [-0.3, -0.25) is 9.59 Å². The molecule has 7 nitrogen and oxygen atoms in total. The summed E-state index contributed by atoms with van der Waals surface area (Å²) in [7, 11) is 0. The molecule has 0 spiro atoms. The maximum atomic E-state index is 17.2. The zero-order chi connectivity index (χ0) is 23.3. The zero-order valence-corrected chi connectivity index (χ0v) is 18.6. The van der Waals surface area contributed by atoms with Gasteiger partial charge in [0.25, 0.3) is 0 Å². The summed E-state index contributed by atoms with van der Waals surface area (Å²) in [6.07, 6.45) is 3.00. The highest BCUT2D eigenvalue weighted by molar-refractivity contribution is 6.01. The first-order chi connectivity index (χ1) is 14.9. The number of aliphatic hydroxyl groups is 3. The zero-order valence-electron chi connectivity index (χ0n) is 18.6. The summed E-state index contributed by atoms with van der Waals surface area (Å²) in [5.74, 6) is -3.14. The summed E-state index contributed by atoms with van der Waals surface area (Å²) < 4.78 is 29.4. The first kappa shape index (κ1) is 22.3. The molecular formula is C24H31FO7. The van der Waals surface area contributed by atoms with Gasteiger partial charge in [0, 0.05) is 16.7 Å². The molecule has 0 amide bonds. The summed E-state index contributed by atoms with van der Waals surface area (Å²) >= 11 is 0. The Bertz CT molecular complexity index is 943. The number of allylic oxidation sites excluding steroid dienone is 4. The van der Waals surface area contributed by atoms with Gasteiger partial charge in [0.1, 0.15) is 6.61 Å². The highest BCUT2D eigenvalue weighted by Gasteiger charge is 2.81. The van der Waals surface area contributed by atoms with Crippen LogP contribution in [0.15, 0.2) is 23.8 Å². The lowest BCUT2D eigenvalue weighted by molar-refractivity contribution is -0.257. The van der Waals surface area contributed by atoms with Crippen LogP contribution in [-0.4, -0.2) is 69.4 Å². The molecule has 3 N–H and O–H groups in total. The van der Waals surface area contributed by atoms with Crippen LogP contribution in [0.25, 0.3) is 0 Å². The maximum Gasteiger partial charge on any atom is 0.193 e. The minimum Gasteiger partial charge on any atom is -0.396 e. The third kappa shape index (κ3) is 2.32. The summed E-state index contributed by atoms with van der Waals surface area (Å²) in [6.45, 7) is 3.74. The molecule has 8 atom stereocenters. The average Bonchev–Trinajstić information content (AvgIpc) is 3.15. The molecule has 0 radical (unpaired) electrons. The number of hydrogen-bond acceptors (Lipinski definition) is 7. The monoisotopic (exact) mass is 450 g/mol. The van der Waals surface area contributed by atoms with Crippen LogP contribution in [-0.2, 0) is 19.1 Å². The van der Waals surface area contributed by atoms with Crippen molar-refractivity contribution in [3.8, 4) is 0 Å². The minimum absolute atomic E-state index is 0.193. The number of halogens is 1. The minimum atomic E-state index is -2.09. The van der Waals surface area contributed by atoms with Crippen molar-refractivity contribution in [3.63, 3.8) is 0 Å². The van der Waals surface area contributed by atoms with Gasteiger partial charge in [-0.15, -0.1) is 0 Å². The lowest BCUT2D eigenvalue weighted by atomic mass is 9.44. The Morgan fingerprint density at radius 2 is 1.97 bits per heavy atom. The van der Waals surface area contributed by atoms with E-state index in [-0.39, 0.29) is 18.6 Å². The highest BCUT2D eigenvalue weighted by atomic mass is 19.1. The van der Waals surface area contributed by atoms with E-state index >= 15 is 4.39 Å². The van der Waals surface area contributed by atoms with Gasteiger partial charge in [-0.25, -0.2) is 4.39 Å². The summed E-state index contributed by atoms with van der Waals surface area (Å²) in [4.78, 5) is 25.2. The predicted molar refractivity (Wildman–Crippen MR) is 110 cm³/mol. The van der Waals surface area contributed by atoms with Crippen molar-refractivity contribution in [2.45, 2.75) is 75.7 Å². The number of carbonyl (C=O) groups is 2. The van der Waals surface area contributed by atoms with Crippen LogP contribution < -0.4 is 0 Å². The maximum absolute atomic E-state index is 17.2. The summed E-state index contributed by atoms with van der Waals surface area (Å²) in [6, 6.07) is 0. The normalized spacial score (nSPS) is 50.8. The van der Waals surface area contributed by atoms with Gasteiger partial charge in [-0.05, 0) is 64.5 Å². The molecule has 176 valence electrons. The molecule has 8 heteroatoms. The summed E-state index contributed by atoms with van der Waals surface area (Å²) in [5.41, 5.74) is -5.56. The lowest BCUT2D eigenvalue weighted by Gasteiger charge is -2.63. The number of Topliss-reactive ketones (excluding diaryl/α,β-unsaturated/α-hetero) is 1. The van der Waals surface area contributed by atoms with Crippen LogP contribution in [0, 0.1) is 22.7 Å². The molecule has 5 rings (SSSR count). The van der Waals surface area contributed by atoms with E-state index in [1.54, 1.807) is 26.8 Å². The Morgan fingerprint density at radius 3 is 2.62 bits per heavy atom. The lowest BCUT2D eigenvalue weighted by Crippen LogP contribution is -2.71. The van der Waals surface area contributed by atoms with Crippen molar-refractivity contribution in [2.24, 2.45) is 22.7 Å². The third-order valence-electron chi connectivity index (χ3n) is 9.20. The second-order valence-electron chi connectivity index (χ2n) is 10.8. The van der Waals surface area contributed by atoms with Gasteiger partial charge in [-0.1, -0.05) is 11.6 Å². The molecule has 5 aliphatic rings. The molecule has 0 aromatic heterocycles. The Labute approximate surface area is 186 Å². The largest absolute Gasteiger partial charge is 0.396 e. The van der Waals surface area contributed by atoms with Crippen LogP contribution in [0.3, 0.4) is 0 Å². The third-order valence-corrected chi connectivity index (χ3v) is 9.20. The molecule has 32 heavy (non-hydrogen) atoms. The molecule has 4 aliphatic carbocycles. The van der Waals surface area contributed by atoms with Crippen LogP contribution in [0.1, 0.15) is 46.5 Å². The van der Waals surface area contributed by atoms with E-state index in [1.807, 2.05) is 0 Å². The first-order valence-corrected chi connectivity index (χ1v) is 11.4. The van der Waals surface area contributed by atoms with Crippen LogP contribution in [0.5, 0.6) is 0 Å². The molecule has 3 saturated carbocycles. The van der Waals surface area contributed by atoms with E-state index in [0.29, 0.717) is 18.4 Å². The molecule has 1 aliphatic heterocycles. The fourth-order valence-electron chi connectivity index (χ4n) is 7.97. The topological polar surface area (TPSA) is 113 Å². The number of alkyl halides is 1. The number of fused-ring (bicyclic) bond motifs is 7. The molecule has 1 heterocycles. The van der Waals surface area contributed by atoms with Gasteiger partial charge >= 0.3 is 0 Å². The number of hydrogen-bond donors (Lipinski definition) is 3.